The van der Waals surface area contributed by atoms with Gasteiger partial charge in [-0.1, -0.05) is 25.5 Å². The first-order valence-electron chi connectivity index (χ1n) is 7.58. The van der Waals surface area contributed by atoms with Crippen LogP contribution >= 0.6 is 0 Å². The minimum Gasteiger partial charge on any atom is -0.398 e. The van der Waals surface area contributed by atoms with Crippen LogP contribution in [-0.4, -0.2) is 23.2 Å². The molecule has 4 heteroatoms. The van der Waals surface area contributed by atoms with Crippen molar-refractivity contribution in [3.63, 3.8) is 0 Å². The number of carbonyl (C=O) groups is 1. The topological polar surface area (TPSA) is 75.4 Å². The molecule has 0 saturated heterocycles. The predicted molar refractivity (Wildman–Crippen MR) is 85.1 cm³/mol. The van der Waals surface area contributed by atoms with Gasteiger partial charge in [0.25, 0.3) is 5.91 Å². The Hall–Kier alpha value is -1.55. The number of anilines is 1. The van der Waals surface area contributed by atoms with Crippen molar-refractivity contribution in [3.8, 4) is 0 Å². The average molecular weight is 290 g/mol. The number of nitrogen functional groups attached to an aromatic ring is 1. The SMILES string of the molecule is Cc1ccc(N)c(C(=O)NCC2(O)CCC(C)(C)CC2)c1. The Labute approximate surface area is 126 Å². The van der Waals surface area contributed by atoms with Gasteiger partial charge in [0.15, 0.2) is 0 Å². The van der Waals surface area contributed by atoms with Crippen LogP contribution in [0, 0.1) is 12.3 Å². The van der Waals surface area contributed by atoms with Crippen molar-refractivity contribution < 1.29 is 9.90 Å². The van der Waals surface area contributed by atoms with Crippen LogP contribution < -0.4 is 11.1 Å². The number of rotatable bonds is 3. The van der Waals surface area contributed by atoms with Gasteiger partial charge < -0.3 is 16.2 Å². The minimum absolute atomic E-state index is 0.213. The van der Waals surface area contributed by atoms with Crippen molar-refractivity contribution >= 4 is 11.6 Å². The first-order chi connectivity index (χ1) is 9.71. The van der Waals surface area contributed by atoms with E-state index in [-0.39, 0.29) is 17.9 Å². The second-order valence-electron chi connectivity index (χ2n) is 7.16. The molecule has 0 bridgehead atoms. The third-order valence-corrected chi connectivity index (χ3v) is 4.57. The van der Waals surface area contributed by atoms with Crippen LogP contribution in [0.2, 0.25) is 0 Å². The van der Waals surface area contributed by atoms with Crippen LogP contribution in [0.25, 0.3) is 0 Å². The molecule has 4 N–H and O–H groups in total. The molecule has 0 unspecified atom stereocenters. The van der Waals surface area contributed by atoms with Crippen molar-refractivity contribution in [2.45, 2.75) is 52.1 Å². The van der Waals surface area contributed by atoms with Crippen molar-refractivity contribution in [1.29, 1.82) is 0 Å². The molecule has 1 amide bonds. The van der Waals surface area contributed by atoms with Gasteiger partial charge in [0, 0.05) is 12.2 Å². The largest absolute Gasteiger partial charge is 0.398 e. The molecule has 0 heterocycles. The molecule has 4 nitrogen and oxygen atoms in total. The maximum Gasteiger partial charge on any atom is 0.253 e. The summed E-state index contributed by atoms with van der Waals surface area (Å²) in [5.41, 5.74) is 7.29. The third kappa shape index (κ3) is 3.97. The van der Waals surface area contributed by atoms with Crippen LogP contribution in [0.3, 0.4) is 0 Å². The number of nitrogens with two attached hydrogens (primary N) is 1. The highest BCUT2D eigenvalue weighted by atomic mass is 16.3. The number of hydrogen-bond acceptors (Lipinski definition) is 3. The van der Waals surface area contributed by atoms with Gasteiger partial charge in [-0.2, -0.15) is 0 Å². The summed E-state index contributed by atoms with van der Waals surface area (Å²) < 4.78 is 0. The highest BCUT2D eigenvalue weighted by molar-refractivity contribution is 5.99. The molecule has 1 aliphatic carbocycles. The first-order valence-corrected chi connectivity index (χ1v) is 7.58. The van der Waals surface area contributed by atoms with Gasteiger partial charge >= 0.3 is 0 Å². The molecule has 2 rings (SSSR count). The van der Waals surface area contributed by atoms with Gasteiger partial charge in [0.2, 0.25) is 0 Å². The van der Waals surface area contributed by atoms with Gasteiger partial charge in [0.1, 0.15) is 0 Å². The molecule has 21 heavy (non-hydrogen) atoms. The molecule has 116 valence electrons. The van der Waals surface area contributed by atoms with Gasteiger partial charge in [-0.05, 0) is 50.2 Å². The maximum atomic E-state index is 12.2. The lowest BCUT2D eigenvalue weighted by Crippen LogP contribution is -2.46. The van der Waals surface area contributed by atoms with Gasteiger partial charge in [0.05, 0.1) is 11.2 Å². The summed E-state index contributed by atoms with van der Waals surface area (Å²) in [6.45, 7) is 6.65. The van der Waals surface area contributed by atoms with Crippen LogP contribution in [0.15, 0.2) is 18.2 Å². The lowest BCUT2D eigenvalue weighted by molar-refractivity contribution is -0.0233. The van der Waals surface area contributed by atoms with E-state index in [1.54, 1.807) is 12.1 Å². The Balaban J connectivity index is 1.97. The smallest absolute Gasteiger partial charge is 0.253 e. The van der Waals surface area contributed by atoms with E-state index in [1.807, 2.05) is 13.0 Å². The second kappa shape index (κ2) is 5.68. The maximum absolute atomic E-state index is 12.2. The summed E-state index contributed by atoms with van der Waals surface area (Å²) in [7, 11) is 0. The van der Waals surface area contributed by atoms with Crippen molar-refractivity contribution in [3.05, 3.63) is 29.3 Å². The van der Waals surface area contributed by atoms with Gasteiger partial charge in [-0.25, -0.2) is 0 Å². The minimum atomic E-state index is -0.788. The molecule has 1 saturated carbocycles. The zero-order valence-corrected chi connectivity index (χ0v) is 13.2. The van der Waals surface area contributed by atoms with Crippen LogP contribution in [-0.2, 0) is 0 Å². The number of benzene rings is 1. The number of hydrogen-bond donors (Lipinski definition) is 3. The molecule has 1 aromatic carbocycles. The fraction of sp³-hybridized carbons (Fsp3) is 0.588. The molecular formula is C17H26N2O2. The molecule has 0 aromatic heterocycles. The van der Waals surface area contributed by atoms with E-state index in [0.29, 0.717) is 11.3 Å². The van der Waals surface area contributed by atoms with E-state index in [1.165, 1.54) is 0 Å². The van der Waals surface area contributed by atoms with Gasteiger partial charge in [-0.3, -0.25) is 4.79 Å². The van der Waals surface area contributed by atoms with E-state index < -0.39 is 5.60 Å². The van der Waals surface area contributed by atoms with E-state index in [4.69, 9.17) is 5.73 Å². The lowest BCUT2D eigenvalue weighted by atomic mass is 9.71. The number of aryl methyl sites for hydroxylation is 1. The summed E-state index contributed by atoms with van der Waals surface area (Å²) in [6.07, 6.45) is 3.41. The lowest BCUT2D eigenvalue weighted by Gasteiger charge is -2.40. The van der Waals surface area contributed by atoms with E-state index in [0.717, 1.165) is 31.2 Å². The predicted octanol–water partition coefficient (Wildman–Crippen LogP) is 2.64. The fourth-order valence-electron chi connectivity index (χ4n) is 2.78. The Morgan fingerprint density at radius 2 is 1.90 bits per heavy atom. The Kier molecular flexibility index (Phi) is 4.28. The Morgan fingerprint density at radius 1 is 1.29 bits per heavy atom. The van der Waals surface area contributed by atoms with E-state index in [9.17, 15) is 9.90 Å². The Morgan fingerprint density at radius 3 is 2.52 bits per heavy atom. The van der Waals surface area contributed by atoms with Crippen LogP contribution in [0.5, 0.6) is 0 Å². The summed E-state index contributed by atoms with van der Waals surface area (Å²) >= 11 is 0. The summed E-state index contributed by atoms with van der Waals surface area (Å²) in [6, 6.07) is 5.39. The molecule has 1 aromatic rings. The normalized spacial score (nSPS) is 20.0. The van der Waals surface area contributed by atoms with Crippen LogP contribution in [0.4, 0.5) is 5.69 Å². The zero-order valence-electron chi connectivity index (χ0n) is 13.2. The highest BCUT2D eigenvalue weighted by Gasteiger charge is 2.36. The number of carbonyl (C=O) groups excluding carboxylic acids is 1. The third-order valence-electron chi connectivity index (χ3n) is 4.57. The van der Waals surface area contributed by atoms with E-state index >= 15 is 0 Å². The zero-order chi connectivity index (χ0) is 15.7. The number of amides is 1. The number of aliphatic hydroxyl groups is 1. The number of nitrogens with one attached hydrogen (secondary N) is 1. The standard InChI is InChI=1S/C17H26N2O2/c1-12-4-5-14(18)13(10-12)15(20)19-11-17(21)8-6-16(2,3)7-9-17/h4-5,10,21H,6-9,11,18H2,1-3H3,(H,19,20). The first kappa shape index (κ1) is 15.8. The molecule has 0 aliphatic heterocycles. The summed E-state index contributed by atoms with van der Waals surface area (Å²) in [4.78, 5) is 12.2. The van der Waals surface area contributed by atoms with Crippen molar-refractivity contribution in [2.75, 3.05) is 12.3 Å². The fourth-order valence-corrected chi connectivity index (χ4v) is 2.78. The van der Waals surface area contributed by atoms with E-state index in [2.05, 4.69) is 19.2 Å². The highest BCUT2D eigenvalue weighted by Crippen LogP contribution is 2.39. The van der Waals surface area contributed by atoms with Crippen molar-refractivity contribution in [1.82, 2.24) is 5.32 Å². The second-order valence-corrected chi connectivity index (χ2v) is 7.16. The average Bonchev–Trinajstić information content (AvgIpc) is 2.43. The summed E-state index contributed by atoms with van der Waals surface area (Å²) in [5, 5.41) is 13.4. The monoisotopic (exact) mass is 290 g/mol. The molecule has 0 atom stereocenters. The molecule has 1 fully saturated rings. The van der Waals surface area contributed by atoms with Crippen LogP contribution in [0.1, 0.15) is 55.5 Å². The quantitative estimate of drug-likeness (QED) is 0.749. The van der Waals surface area contributed by atoms with Crippen molar-refractivity contribution in [2.24, 2.45) is 5.41 Å². The molecular weight excluding hydrogens is 264 g/mol. The van der Waals surface area contributed by atoms with Gasteiger partial charge in [-0.15, -0.1) is 0 Å². The molecule has 1 aliphatic rings. The Bertz CT molecular complexity index is 528. The summed E-state index contributed by atoms with van der Waals surface area (Å²) in [5.74, 6) is -0.213. The molecule has 0 radical (unpaired) electrons. The molecule has 0 spiro atoms.